The molecule has 0 aliphatic carbocycles. The van der Waals surface area contributed by atoms with Crippen LogP contribution in [0.4, 0.5) is 10.8 Å². The second-order valence-electron chi connectivity index (χ2n) is 6.49. The van der Waals surface area contributed by atoms with E-state index in [-0.39, 0.29) is 5.00 Å². The predicted molar refractivity (Wildman–Crippen MR) is 109 cm³/mol. The van der Waals surface area contributed by atoms with Gasteiger partial charge in [0.05, 0.1) is 16.5 Å². The molecular formula is C19H15N5O5S. The van der Waals surface area contributed by atoms with Gasteiger partial charge in [-0.3, -0.25) is 10.1 Å². The first-order chi connectivity index (χ1) is 14.7. The van der Waals surface area contributed by atoms with Crippen LogP contribution in [0, 0.1) is 10.1 Å². The summed E-state index contributed by atoms with van der Waals surface area (Å²) in [5.41, 5.74) is 1.07. The monoisotopic (exact) mass is 425 g/mol. The summed E-state index contributed by atoms with van der Waals surface area (Å²) in [6.07, 6.45) is 2.20. The van der Waals surface area contributed by atoms with E-state index in [9.17, 15) is 10.1 Å². The number of hydrogen-bond donors (Lipinski definition) is 1. The van der Waals surface area contributed by atoms with Gasteiger partial charge in [-0.1, -0.05) is 11.2 Å². The number of thiophene rings is 1. The summed E-state index contributed by atoms with van der Waals surface area (Å²) in [7, 11) is 0. The number of rotatable bonds is 6. The van der Waals surface area contributed by atoms with Crippen LogP contribution in [0.15, 0.2) is 41.1 Å². The number of nitrogens with zero attached hydrogens (tertiary/aromatic N) is 4. The fraction of sp³-hybridized carbons (Fsp3) is 0.211. The number of benzene rings is 1. The van der Waals surface area contributed by atoms with Crippen molar-refractivity contribution in [3.05, 3.63) is 52.2 Å². The van der Waals surface area contributed by atoms with Crippen LogP contribution < -0.4 is 14.8 Å². The van der Waals surface area contributed by atoms with Gasteiger partial charge in [0.1, 0.15) is 23.9 Å². The average Bonchev–Trinajstić information content (AvgIpc) is 3.43. The number of hydrogen-bond acceptors (Lipinski definition) is 10. The number of anilines is 1. The maximum Gasteiger partial charge on any atom is 0.326 e. The fourth-order valence-electron chi connectivity index (χ4n) is 3.14. The fourth-order valence-corrected chi connectivity index (χ4v) is 3.99. The third-order valence-electron chi connectivity index (χ3n) is 4.53. The highest BCUT2D eigenvalue weighted by Crippen LogP contribution is 2.35. The third-order valence-corrected chi connectivity index (χ3v) is 5.51. The van der Waals surface area contributed by atoms with E-state index in [2.05, 4.69) is 20.4 Å². The first-order valence-corrected chi connectivity index (χ1v) is 9.98. The van der Waals surface area contributed by atoms with E-state index in [0.29, 0.717) is 53.8 Å². The van der Waals surface area contributed by atoms with Crippen molar-refractivity contribution in [2.24, 2.45) is 0 Å². The number of ether oxygens (including phenoxy) is 2. The van der Waals surface area contributed by atoms with Crippen LogP contribution in [-0.4, -0.2) is 39.8 Å². The van der Waals surface area contributed by atoms with Crippen molar-refractivity contribution in [3.63, 3.8) is 0 Å². The molecule has 4 heterocycles. The lowest BCUT2D eigenvalue weighted by atomic mass is 10.1. The van der Waals surface area contributed by atoms with Gasteiger partial charge in [0, 0.05) is 18.7 Å². The quantitative estimate of drug-likeness (QED) is 0.364. The molecule has 11 heteroatoms. The molecule has 3 aromatic heterocycles. The molecule has 152 valence electrons. The van der Waals surface area contributed by atoms with Gasteiger partial charge in [0.15, 0.2) is 11.5 Å². The summed E-state index contributed by atoms with van der Waals surface area (Å²) in [5, 5.41) is 18.8. The van der Waals surface area contributed by atoms with Gasteiger partial charge in [-0.05, 0) is 35.5 Å². The highest BCUT2D eigenvalue weighted by atomic mass is 32.1. The Morgan fingerprint density at radius 1 is 1.13 bits per heavy atom. The van der Waals surface area contributed by atoms with Crippen LogP contribution in [0.5, 0.6) is 11.5 Å². The van der Waals surface area contributed by atoms with Crippen molar-refractivity contribution < 1.29 is 18.9 Å². The minimum absolute atomic E-state index is 0.00362. The second kappa shape index (κ2) is 7.59. The Labute approximate surface area is 173 Å². The summed E-state index contributed by atoms with van der Waals surface area (Å²) in [5.74, 6) is 2.71. The topological polar surface area (TPSA) is 125 Å². The third kappa shape index (κ3) is 3.50. The van der Waals surface area contributed by atoms with Crippen molar-refractivity contribution in [2.45, 2.75) is 6.42 Å². The van der Waals surface area contributed by atoms with E-state index in [4.69, 9.17) is 14.0 Å². The molecular weight excluding hydrogens is 410 g/mol. The van der Waals surface area contributed by atoms with Crippen LogP contribution in [0.1, 0.15) is 5.56 Å². The summed E-state index contributed by atoms with van der Waals surface area (Å²) >= 11 is 0.994. The standard InChI is InChI=1S/C19H15N5O5S/c25-24(26)16-10-12-17(22-18(23-19(12)30-16)14-4-6-21-29-14)20-5-3-11-1-2-13-15(9-11)28-8-7-27-13/h1-2,4,6,9-10H,3,5,7-8H2,(H,20,22,23). The molecule has 0 fully saturated rings. The first-order valence-electron chi connectivity index (χ1n) is 9.17. The molecule has 30 heavy (non-hydrogen) atoms. The zero-order valence-electron chi connectivity index (χ0n) is 15.5. The molecule has 0 saturated carbocycles. The second-order valence-corrected chi connectivity index (χ2v) is 7.50. The Morgan fingerprint density at radius 3 is 2.80 bits per heavy atom. The zero-order chi connectivity index (χ0) is 20.5. The van der Waals surface area contributed by atoms with Crippen LogP contribution >= 0.6 is 11.3 Å². The van der Waals surface area contributed by atoms with Gasteiger partial charge in [0.25, 0.3) is 0 Å². The van der Waals surface area contributed by atoms with E-state index in [0.717, 1.165) is 28.4 Å². The lowest BCUT2D eigenvalue weighted by Gasteiger charge is -2.19. The van der Waals surface area contributed by atoms with Crippen molar-refractivity contribution in [1.82, 2.24) is 15.1 Å². The number of nitrogens with one attached hydrogen (secondary N) is 1. The van der Waals surface area contributed by atoms with Gasteiger partial charge in [-0.25, -0.2) is 9.97 Å². The number of fused-ring (bicyclic) bond motifs is 2. The Kier molecular flexibility index (Phi) is 4.64. The molecule has 0 unspecified atom stereocenters. The lowest BCUT2D eigenvalue weighted by molar-refractivity contribution is -0.380. The molecule has 1 aromatic carbocycles. The van der Waals surface area contributed by atoms with Crippen LogP contribution in [0.3, 0.4) is 0 Å². The first kappa shape index (κ1) is 18.3. The number of aromatic nitrogens is 3. The Bertz CT molecular complexity index is 1220. The van der Waals surface area contributed by atoms with Gasteiger partial charge >= 0.3 is 5.00 Å². The molecule has 10 nitrogen and oxygen atoms in total. The summed E-state index contributed by atoms with van der Waals surface area (Å²) in [6.45, 7) is 1.65. The summed E-state index contributed by atoms with van der Waals surface area (Å²) in [4.78, 5) is 20.2. The van der Waals surface area contributed by atoms with Gasteiger partial charge < -0.3 is 19.3 Å². The van der Waals surface area contributed by atoms with Crippen molar-refractivity contribution in [3.8, 4) is 23.1 Å². The van der Waals surface area contributed by atoms with Gasteiger partial charge in [0.2, 0.25) is 11.6 Å². The maximum atomic E-state index is 11.2. The Hall–Kier alpha value is -3.73. The molecule has 1 N–H and O–H groups in total. The highest BCUT2D eigenvalue weighted by molar-refractivity contribution is 7.21. The van der Waals surface area contributed by atoms with Crippen LogP contribution in [0.25, 0.3) is 21.8 Å². The van der Waals surface area contributed by atoms with E-state index >= 15 is 0 Å². The minimum Gasteiger partial charge on any atom is -0.486 e. The van der Waals surface area contributed by atoms with Gasteiger partial charge in [-0.15, -0.1) is 0 Å². The molecule has 0 bridgehead atoms. The maximum absolute atomic E-state index is 11.2. The SMILES string of the molecule is O=[N+]([O-])c1cc2c(NCCc3ccc4c(c3)OCCO4)nc(-c3ccno3)nc2s1. The molecule has 5 rings (SSSR count). The molecule has 0 amide bonds. The molecule has 0 atom stereocenters. The zero-order valence-corrected chi connectivity index (χ0v) is 16.3. The average molecular weight is 425 g/mol. The summed E-state index contributed by atoms with van der Waals surface area (Å²) in [6, 6.07) is 8.97. The Balaban J connectivity index is 1.40. The smallest absolute Gasteiger partial charge is 0.326 e. The summed E-state index contributed by atoms with van der Waals surface area (Å²) < 4.78 is 16.3. The van der Waals surface area contributed by atoms with Crippen LogP contribution in [-0.2, 0) is 6.42 Å². The molecule has 0 saturated heterocycles. The van der Waals surface area contributed by atoms with E-state index in [1.54, 1.807) is 6.07 Å². The molecule has 4 aromatic rings. The van der Waals surface area contributed by atoms with Crippen molar-refractivity contribution >= 4 is 32.4 Å². The van der Waals surface area contributed by atoms with E-state index < -0.39 is 4.92 Å². The lowest BCUT2D eigenvalue weighted by Crippen LogP contribution is -2.15. The number of nitro groups is 1. The molecule has 1 aliphatic rings. The normalized spacial score (nSPS) is 12.8. The van der Waals surface area contributed by atoms with Crippen LogP contribution in [0.2, 0.25) is 0 Å². The highest BCUT2D eigenvalue weighted by Gasteiger charge is 2.19. The molecule has 0 spiro atoms. The van der Waals surface area contributed by atoms with Crippen molar-refractivity contribution in [1.29, 1.82) is 0 Å². The minimum atomic E-state index is -0.431. The Morgan fingerprint density at radius 2 is 2.00 bits per heavy atom. The van der Waals surface area contributed by atoms with Crippen molar-refractivity contribution in [2.75, 3.05) is 25.1 Å². The molecule has 1 aliphatic heterocycles. The largest absolute Gasteiger partial charge is 0.486 e. The van der Waals surface area contributed by atoms with E-state index in [1.165, 1.54) is 12.3 Å². The van der Waals surface area contributed by atoms with Gasteiger partial charge in [-0.2, -0.15) is 0 Å². The van der Waals surface area contributed by atoms with E-state index in [1.807, 2.05) is 18.2 Å². The predicted octanol–water partition coefficient (Wildman–Crippen LogP) is 3.68. The molecule has 0 radical (unpaired) electrons.